The number of thioether (sulfide) groups is 1. The zero-order valence-corrected chi connectivity index (χ0v) is 17.7. The van der Waals surface area contributed by atoms with Crippen LogP contribution in [-0.4, -0.2) is 26.4 Å². The molecule has 1 aliphatic heterocycles. The minimum Gasteiger partial charge on any atom is -0.310 e. The van der Waals surface area contributed by atoms with Crippen LogP contribution in [0.1, 0.15) is 16.4 Å². The monoisotopic (exact) mass is 442 g/mol. The molecule has 1 amide bonds. The number of benzene rings is 3. The van der Waals surface area contributed by atoms with Gasteiger partial charge >= 0.3 is 0 Å². The molecule has 0 saturated heterocycles. The average molecular weight is 443 g/mol. The van der Waals surface area contributed by atoms with Gasteiger partial charge in [0.1, 0.15) is 5.82 Å². The lowest BCUT2D eigenvalue weighted by Crippen LogP contribution is -2.15. The zero-order valence-electron chi connectivity index (χ0n) is 16.8. The Morgan fingerprint density at radius 1 is 1.00 bits per heavy atom. The standard InChI is InChI=1S/C24H18N4O3S/c29-20-15-32-23(17-10-7-13-19(14-17)28(30)31)21-22(16-8-3-1-4-9-16)26-27(24(21)25-20)18-11-5-2-6-12-18/h1-14,23H,15H2,(H,25,29). The first-order valence-corrected chi connectivity index (χ1v) is 11.1. The second-order valence-corrected chi connectivity index (χ2v) is 8.41. The number of nitrogens with one attached hydrogen (secondary N) is 1. The summed E-state index contributed by atoms with van der Waals surface area (Å²) in [6.07, 6.45) is 0. The molecule has 5 rings (SSSR count). The van der Waals surface area contributed by atoms with E-state index in [0.717, 1.165) is 28.1 Å². The number of carbonyl (C=O) groups is 1. The van der Waals surface area contributed by atoms with Crippen LogP contribution < -0.4 is 5.32 Å². The van der Waals surface area contributed by atoms with Crippen molar-refractivity contribution in [3.63, 3.8) is 0 Å². The Morgan fingerprint density at radius 3 is 2.44 bits per heavy atom. The molecule has 1 unspecified atom stereocenters. The lowest BCUT2D eigenvalue weighted by atomic mass is 9.99. The van der Waals surface area contributed by atoms with E-state index >= 15 is 0 Å². The van der Waals surface area contributed by atoms with Crippen molar-refractivity contribution in [3.8, 4) is 16.9 Å². The van der Waals surface area contributed by atoms with Crippen molar-refractivity contribution in [2.24, 2.45) is 0 Å². The molecule has 0 bridgehead atoms. The maximum Gasteiger partial charge on any atom is 0.269 e. The highest BCUT2D eigenvalue weighted by Gasteiger charge is 2.33. The van der Waals surface area contributed by atoms with E-state index in [1.165, 1.54) is 17.8 Å². The predicted molar refractivity (Wildman–Crippen MR) is 125 cm³/mol. The number of non-ortho nitro benzene ring substituents is 1. The molecule has 0 saturated carbocycles. The van der Waals surface area contributed by atoms with Gasteiger partial charge in [-0.2, -0.15) is 5.10 Å². The van der Waals surface area contributed by atoms with Gasteiger partial charge in [-0.3, -0.25) is 14.9 Å². The molecule has 1 aromatic heterocycles. The fraction of sp³-hybridized carbons (Fsp3) is 0.0833. The minimum absolute atomic E-state index is 0.0184. The SMILES string of the molecule is O=C1CSC(c2cccc([N+](=O)[O-])c2)c2c(-c3ccccc3)nn(-c3ccccc3)c2N1. The molecule has 4 aromatic rings. The van der Waals surface area contributed by atoms with Crippen LogP contribution >= 0.6 is 11.8 Å². The van der Waals surface area contributed by atoms with Crippen LogP contribution in [0.3, 0.4) is 0 Å². The molecule has 158 valence electrons. The Balaban J connectivity index is 1.78. The first-order valence-electron chi connectivity index (χ1n) is 10.0. The molecule has 32 heavy (non-hydrogen) atoms. The Labute approximate surface area is 188 Å². The van der Waals surface area contributed by atoms with E-state index < -0.39 is 4.92 Å². The molecule has 1 atom stereocenters. The van der Waals surface area contributed by atoms with E-state index in [-0.39, 0.29) is 22.6 Å². The van der Waals surface area contributed by atoms with Gasteiger partial charge in [0.25, 0.3) is 5.69 Å². The summed E-state index contributed by atoms with van der Waals surface area (Å²) in [6.45, 7) is 0. The quantitative estimate of drug-likeness (QED) is 0.346. The van der Waals surface area contributed by atoms with Gasteiger partial charge in [0.2, 0.25) is 5.91 Å². The fourth-order valence-corrected chi connectivity index (χ4v) is 4.96. The number of amides is 1. The van der Waals surface area contributed by atoms with E-state index in [2.05, 4.69) is 5.32 Å². The number of nitrogens with zero attached hydrogens (tertiary/aromatic N) is 3. The minimum atomic E-state index is -0.402. The van der Waals surface area contributed by atoms with Crippen LogP contribution in [0.5, 0.6) is 0 Å². The normalized spacial score (nSPS) is 15.5. The van der Waals surface area contributed by atoms with Crippen LogP contribution in [-0.2, 0) is 4.79 Å². The molecule has 0 spiro atoms. The number of carbonyl (C=O) groups excluding carboxylic acids is 1. The van der Waals surface area contributed by atoms with E-state index in [1.807, 2.05) is 66.7 Å². The second kappa shape index (κ2) is 8.32. The van der Waals surface area contributed by atoms with Gasteiger partial charge in [-0.05, 0) is 17.7 Å². The molecular formula is C24H18N4O3S. The highest BCUT2D eigenvalue weighted by Crippen LogP contribution is 2.47. The number of nitro benzene ring substituents is 1. The van der Waals surface area contributed by atoms with E-state index in [9.17, 15) is 14.9 Å². The maximum absolute atomic E-state index is 12.6. The summed E-state index contributed by atoms with van der Waals surface area (Å²) < 4.78 is 1.74. The first kappa shape index (κ1) is 20.0. The molecule has 3 aromatic carbocycles. The number of fused-ring (bicyclic) bond motifs is 1. The number of anilines is 1. The molecule has 0 fully saturated rings. The Hall–Kier alpha value is -3.91. The smallest absolute Gasteiger partial charge is 0.269 e. The third-order valence-corrected chi connectivity index (χ3v) is 6.52. The average Bonchev–Trinajstić information content (AvgIpc) is 3.10. The summed E-state index contributed by atoms with van der Waals surface area (Å²) in [4.78, 5) is 23.6. The van der Waals surface area contributed by atoms with Gasteiger partial charge in [-0.25, -0.2) is 4.68 Å². The summed E-state index contributed by atoms with van der Waals surface area (Å²) in [5.41, 5.74) is 4.06. The predicted octanol–water partition coefficient (Wildman–Crippen LogP) is 5.22. The maximum atomic E-state index is 12.6. The molecule has 0 aliphatic carbocycles. The van der Waals surface area contributed by atoms with Gasteiger partial charge in [-0.1, -0.05) is 60.7 Å². The molecular weight excluding hydrogens is 424 g/mol. The van der Waals surface area contributed by atoms with Crippen LogP contribution in [0.2, 0.25) is 0 Å². The number of hydrogen-bond acceptors (Lipinski definition) is 5. The summed E-state index contributed by atoms with van der Waals surface area (Å²) in [5, 5.41) is 19.0. The van der Waals surface area contributed by atoms with Crippen molar-refractivity contribution in [3.05, 3.63) is 106 Å². The van der Waals surface area contributed by atoms with Gasteiger partial charge in [0.15, 0.2) is 0 Å². The number of rotatable bonds is 4. The zero-order chi connectivity index (χ0) is 22.1. The van der Waals surface area contributed by atoms with E-state index in [4.69, 9.17) is 5.10 Å². The first-order chi connectivity index (χ1) is 15.6. The molecule has 1 aliphatic rings. The van der Waals surface area contributed by atoms with Crippen molar-refractivity contribution < 1.29 is 9.72 Å². The lowest BCUT2D eigenvalue weighted by Gasteiger charge is -2.16. The second-order valence-electron chi connectivity index (χ2n) is 7.32. The fourth-order valence-electron chi connectivity index (χ4n) is 3.84. The highest BCUT2D eigenvalue weighted by atomic mass is 32.2. The summed E-state index contributed by atoms with van der Waals surface area (Å²) in [6, 6.07) is 25.9. The van der Waals surface area contributed by atoms with Gasteiger partial charge < -0.3 is 5.32 Å². The van der Waals surface area contributed by atoms with E-state index in [0.29, 0.717) is 5.82 Å². The Kier molecular flexibility index (Phi) is 5.20. The third-order valence-electron chi connectivity index (χ3n) is 5.25. The third kappa shape index (κ3) is 3.65. The number of aromatic nitrogens is 2. The Morgan fingerprint density at radius 2 is 1.72 bits per heavy atom. The van der Waals surface area contributed by atoms with Gasteiger partial charge in [0.05, 0.1) is 27.3 Å². The number of hydrogen-bond donors (Lipinski definition) is 1. The van der Waals surface area contributed by atoms with Gasteiger partial charge in [-0.15, -0.1) is 11.8 Å². The number of nitro groups is 1. The van der Waals surface area contributed by atoms with Crippen LogP contribution in [0.4, 0.5) is 11.5 Å². The van der Waals surface area contributed by atoms with Crippen molar-refractivity contribution in [1.29, 1.82) is 0 Å². The largest absolute Gasteiger partial charge is 0.310 e. The molecule has 2 heterocycles. The summed E-state index contributed by atoms with van der Waals surface area (Å²) >= 11 is 1.44. The summed E-state index contributed by atoms with van der Waals surface area (Å²) in [7, 11) is 0. The van der Waals surface area contributed by atoms with Crippen molar-refractivity contribution >= 4 is 29.2 Å². The molecule has 7 nitrogen and oxygen atoms in total. The lowest BCUT2D eigenvalue weighted by molar-refractivity contribution is -0.384. The number of para-hydroxylation sites is 1. The molecule has 8 heteroatoms. The molecule has 1 N–H and O–H groups in total. The van der Waals surface area contributed by atoms with E-state index in [1.54, 1.807) is 16.8 Å². The van der Waals surface area contributed by atoms with Crippen LogP contribution in [0.25, 0.3) is 16.9 Å². The molecule has 0 radical (unpaired) electrons. The van der Waals surface area contributed by atoms with Crippen molar-refractivity contribution in [1.82, 2.24) is 9.78 Å². The Bertz CT molecular complexity index is 1310. The highest BCUT2D eigenvalue weighted by molar-refractivity contribution is 8.00. The summed E-state index contributed by atoms with van der Waals surface area (Å²) in [5.74, 6) is 0.674. The van der Waals surface area contributed by atoms with Crippen molar-refractivity contribution in [2.75, 3.05) is 11.1 Å². The van der Waals surface area contributed by atoms with Crippen molar-refractivity contribution in [2.45, 2.75) is 5.25 Å². The van der Waals surface area contributed by atoms with Crippen LogP contribution in [0.15, 0.2) is 84.9 Å². The topological polar surface area (TPSA) is 90.1 Å². The van der Waals surface area contributed by atoms with Crippen LogP contribution in [0, 0.1) is 10.1 Å². The van der Waals surface area contributed by atoms with Gasteiger partial charge in [0, 0.05) is 23.3 Å².